The van der Waals surface area contributed by atoms with E-state index < -0.39 is 0 Å². The lowest BCUT2D eigenvalue weighted by Crippen LogP contribution is -2.29. The highest BCUT2D eigenvalue weighted by Crippen LogP contribution is 2.26. The Balaban J connectivity index is 1.81. The van der Waals surface area contributed by atoms with E-state index in [1.54, 1.807) is 0 Å². The Morgan fingerprint density at radius 3 is 3.11 bits per heavy atom. The van der Waals surface area contributed by atoms with E-state index in [-0.39, 0.29) is 0 Å². The Morgan fingerprint density at radius 2 is 2.39 bits per heavy atom. The molecule has 0 aromatic carbocycles. The number of imidazole rings is 1. The molecular weight excluding hydrogens is 244 g/mol. The summed E-state index contributed by atoms with van der Waals surface area (Å²) in [5.41, 5.74) is 1.99. The molecule has 0 bridgehead atoms. The van der Waals surface area contributed by atoms with Gasteiger partial charge in [0.2, 0.25) is 0 Å². The number of likely N-dealkylation sites (N-methyl/N-ethyl adjacent to an activating group) is 1. The maximum Gasteiger partial charge on any atom is 0.179 e. The molecule has 18 heavy (non-hydrogen) atoms. The lowest BCUT2D eigenvalue weighted by Gasteiger charge is -2.19. The second-order valence-corrected chi connectivity index (χ2v) is 5.20. The van der Waals surface area contributed by atoms with Crippen LogP contribution in [0.5, 0.6) is 0 Å². The van der Waals surface area contributed by atoms with Gasteiger partial charge in [-0.2, -0.15) is 0 Å². The molecule has 96 valence electrons. The number of hydrogen-bond acceptors (Lipinski definition) is 3. The summed E-state index contributed by atoms with van der Waals surface area (Å²) < 4.78 is 2.88. The van der Waals surface area contributed by atoms with E-state index in [1.807, 2.05) is 18.3 Å². The molecule has 1 saturated carbocycles. The Bertz CT molecular complexity index is 596. The van der Waals surface area contributed by atoms with Gasteiger partial charge in [0.25, 0.3) is 0 Å². The first kappa shape index (κ1) is 11.9. The SMILES string of the molecule is CCN(CCn1c(=S)[nH]c2cccnc21)C1CC1. The predicted molar refractivity (Wildman–Crippen MR) is 75.2 cm³/mol. The fourth-order valence-corrected chi connectivity index (χ4v) is 2.75. The fourth-order valence-electron chi connectivity index (χ4n) is 2.46. The standard InChI is InChI=1S/C13H18N4S/c1-2-16(10-5-6-10)8-9-17-12-11(15-13(17)18)4-3-7-14-12/h3-4,7,10H,2,5-6,8-9H2,1H3,(H,15,18). The van der Waals surface area contributed by atoms with Crippen LogP contribution in [0.1, 0.15) is 19.8 Å². The smallest absolute Gasteiger partial charge is 0.179 e. The van der Waals surface area contributed by atoms with Crippen molar-refractivity contribution < 1.29 is 0 Å². The minimum atomic E-state index is 0.774. The van der Waals surface area contributed by atoms with E-state index in [9.17, 15) is 0 Å². The van der Waals surface area contributed by atoms with Crippen LogP contribution >= 0.6 is 12.2 Å². The third-order valence-electron chi connectivity index (χ3n) is 3.61. The van der Waals surface area contributed by atoms with Crippen molar-refractivity contribution in [3.8, 4) is 0 Å². The molecule has 2 heterocycles. The van der Waals surface area contributed by atoms with Crippen LogP contribution in [-0.2, 0) is 6.54 Å². The van der Waals surface area contributed by atoms with Crippen LogP contribution in [-0.4, -0.2) is 38.6 Å². The van der Waals surface area contributed by atoms with Crippen LogP contribution < -0.4 is 0 Å². The number of aromatic amines is 1. The molecule has 3 rings (SSSR count). The average molecular weight is 262 g/mol. The lowest BCUT2D eigenvalue weighted by molar-refractivity contribution is 0.266. The highest BCUT2D eigenvalue weighted by Gasteiger charge is 2.27. The summed E-state index contributed by atoms with van der Waals surface area (Å²) in [5.74, 6) is 0. The van der Waals surface area contributed by atoms with Gasteiger partial charge in [0.1, 0.15) is 0 Å². The summed E-state index contributed by atoms with van der Waals surface area (Å²) in [7, 11) is 0. The van der Waals surface area contributed by atoms with E-state index in [0.29, 0.717) is 0 Å². The first-order chi connectivity index (χ1) is 8.79. The Morgan fingerprint density at radius 1 is 1.56 bits per heavy atom. The van der Waals surface area contributed by atoms with Crippen molar-refractivity contribution >= 4 is 23.4 Å². The molecule has 0 spiro atoms. The monoisotopic (exact) mass is 262 g/mol. The van der Waals surface area contributed by atoms with Gasteiger partial charge in [0.15, 0.2) is 10.4 Å². The van der Waals surface area contributed by atoms with Gasteiger partial charge in [-0.25, -0.2) is 4.98 Å². The van der Waals surface area contributed by atoms with Crippen molar-refractivity contribution in [3.63, 3.8) is 0 Å². The lowest BCUT2D eigenvalue weighted by atomic mass is 10.4. The van der Waals surface area contributed by atoms with Gasteiger partial charge in [-0.1, -0.05) is 6.92 Å². The van der Waals surface area contributed by atoms with Gasteiger partial charge in [-0.05, 0) is 43.7 Å². The highest BCUT2D eigenvalue weighted by atomic mass is 32.1. The molecular formula is C13H18N4S. The van der Waals surface area contributed by atoms with Crippen LogP contribution in [0.4, 0.5) is 0 Å². The summed E-state index contributed by atoms with van der Waals surface area (Å²) in [5, 5.41) is 0. The topological polar surface area (TPSA) is 36.9 Å². The maximum atomic E-state index is 5.37. The number of nitrogens with one attached hydrogen (secondary N) is 1. The third-order valence-corrected chi connectivity index (χ3v) is 3.93. The zero-order chi connectivity index (χ0) is 12.5. The Kier molecular flexibility index (Phi) is 3.18. The quantitative estimate of drug-likeness (QED) is 0.841. The first-order valence-electron chi connectivity index (χ1n) is 6.57. The minimum Gasteiger partial charge on any atom is -0.329 e. The maximum absolute atomic E-state index is 5.37. The molecule has 1 aliphatic rings. The van der Waals surface area contributed by atoms with Crippen molar-refractivity contribution in [2.45, 2.75) is 32.4 Å². The molecule has 0 radical (unpaired) electrons. The molecule has 2 aromatic rings. The molecule has 2 aromatic heterocycles. The normalized spacial score (nSPS) is 15.7. The van der Waals surface area contributed by atoms with Gasteiger partial charge in [-0.15, -0.1) is 0 Å². The van der Waals surface area contributed by atoms with Gasteiger partial charge in [-0.3, -0.25) is 4.90 Å². The number of fused-ring (bicyclic) bond motifs is 1. The van der Waals surface area contributed by atoms with E-state index in [1.165, 1.54) is 12.8 Å². The van der Waals surface area contributed by atoms with E-state index in [2.05, 4.69) is 26.4 Å². The van der Waals surface area contributed by atoms with Crippen molar-refractivity contribution in [2.24, 2.45) is 0 Å². The second kappa shape index (κ2) is 4.82. The van der Waals surface area contributed by atoms with Crippen LogP contribution in [0.2, 0.25) is 0 Å². The molecule has 1 aliphatic carbocycles. The summed E-state index contributed by atoms with van der Waals surface area (Å²) in [6.07, 6.45) is 4.52. The van der Waals surface area contributed by atoms with Crippen LogP contribution in [0.25, 0.3) is 11.2 Å². The molecule has 0 saturated heterocycles. The number of nitrogens with zero attached hydrogens (tertiary/aromatic N) is 3. The van der Waals surface area contributed by atoms with E-state index in [4.69, 9.17) is 12.2 Å². The van der Waals surface area contributed by atoms with Crippen molar-refractivity contribution in [2.75, 3.05) is 13.1 Å². The highest BCUT2D eigenvalue weighted by molar-refractivity contribution is 7.71. The Hall–Kier alpha value is -1.20. The summed E-state index contributed by atoms with van der Waals surface area (Å²) in [6, 6.07) is 4.76. The van der Waals surface area contributed by atoms with Crippen LogP contribution in [0.15, 0.2) is 18.3 Å². The largest absolute Gasteiger partial charge is 0.329 e. The van der Waals surface area contributed by atoms with Crippen molar-refractivity contribution in [3.05, 3.63) is 23.1 Å². The molecule has 1 N–H and O–H groups in total. The predicted octanol–water partition coefficient (Wildman–Crippen LogP) is 2.58. The summed E-state index contributed by atoms with van der Waals surface area (Å²) in [6.45, 7) is 5.32. The molecule has 0 aliphatic heterocycles. The third kappa shape index (κ3) is 2.20. The zero-order valence-corrected chi connectivity index (χ0v) is 11.4. The van der Waals surface area contributed by atoms with E-state index in [0.717, 1.165) is 41.6 Å². The molecule has 4 nitrogen and oxygen atoms in total. The number of rotatable bonds is 5. The van der Waals surface area contributed by atoms with Gasteiger partial charge < -0.3 is 9.55 Å². The molecule has 5 heteroatoms. The summed E-state index contributed by atoms with van der Waals surface area (Å²) in [4.78, 5) is 10.2. The molecule has 1 fully saturated rings. The summed E-state index contributed by atoms with van der Waals surface area (Å²) >= 11 is 5.37. The molecule has 0 atom stereocenters. The second-order valence-electron chi connectivity index (χ2n) is 4.82. The van der Waals surface area contributed by atoms with E-state index >= 15 is 0 Å². The first-order valence-corrected chi connectivity index (χ1v) is 6.98. The van der Waals surface area contributed by atoms with Crippen molar-refractivity contribution in [1.82, 2.24) is 19.4 Å². The number of aromatic nitrogens is 3. The molecule has 0 unspecified atom stereocenters. The van der Waals surface area contributed by atoms with Gasteiger partial charge >= 0.3 is 0 Å². The zero-order valence-electron chi connectivity index (χ0n) is 10.6. The number of H-pyrrole nitrogens is 1. The minimum absolute atomic E-state index is 0.774. The fraction of sp³-hybridized carbons (Fsp3) is 0.538. The molecule has 0 amide bonds. The van der Waals surface area contributed by atoms with Crippen LogP contribution in [0, 0.1) is 4.77 Å². The van der Waals surface area contributed by atoms with Gasteiger partial charge in [0.05, 0.1) is 5.52 Å². The number of hydrogen-bond donors (Lipinski definition) is 1. The van der Waals surface area contributed by atoms with Crippen molar-refractivity contribution in [1.29, 1.82) is 0 Å². The number of pyridine rings is 1. The van der Waals surface area contributed by atoms with Crippen LogP contribution in [0.3, 0.4) is 0 Å². The van der Waals surface area contributed by atoms with Gasteiger partial charge in [0, 0.05) is 25.3 Å². The Labute approximate surface area is 112 Å². The average Bonchev–Trinajstić information content (AvgIpc) is 3.15.